The zero-order valence-corrected chi connectivity index (χ0v) is 19.6. The van der Waals surface area contributed by atoms with Gasteiger partial charge in [-0.05, 0) is 50.5 Å². The zero-order valence-electron chi connectivity index (χ0n) is 17.3. The summed E-state index contributed by atoms with van der Waals surface area (Å²) < 4.78 is 24.5. The Balaban J connectivity index is 0.00000420. The van der Waals surface area contributed by atoms with Crippen LogP contribution in [0.25, 0.3) is 0 Å². The van der Waals surface area contributed by atoms with Crippen molar-refractivity contribution in [3.63, 3.8) is 0 Å². The lowest BCUT2D eigenvalue weighted by Gasteiger charge is -2.24. The van der Waals surface area contributed by atoms with Crippen molar-refractivity contribution >= 4 is 35.8 Å². The monoisotopic (exact) mass is 522 g/mol. The summed E-state index contributed by atoms with van der Waals surface area (Å²) in [7, 11) is 3.40. The second-order valence-electron chi connectivity index (χ2n) is 7.09. The van der Waals surface area contributed by atoms with Gasteiger partial charge in [0.2, 0.25) is 5.91 Å². The van der Waals surface area contributed by atoms with E-state index in [0.717, 1.165) is 25.9 Å². The van der Waals surface area contributed by atoms with Crippen molar-refractivity contribution in [3.8, 4) is 5.75 Å². The molecule has 2 rings (SSSR count). The molecular formula is C20H32FIN4O3. The number of nitrogens with one attached hydrogen (secondary N) is 2. The number of carbonyl (C=O) groups is 1. The average molecular weight is 522 g/mol. The van der Waals surface area contributed by atoms with Crippen molar-refractivity contribution in [2.75, 3.05) is 40.3 Å². The first-order valence-corrected chi connectivity index (χ1v) is 9.70. The molecule has 0 bridgehead atoms. The van der Waals surface area contributed by atoms with Gasteiger partial charge in [0, 0.05) is 27.2 Å². The van der Waals surface area contributed by atoms with Crippen LogP contribution in [0, 0.1) is 5.82 Å². The normalized spacial score (nSPS) is 17.7. The van der Waals surface area contributed by atoms with Gasteiger partial charge in [0.05, 0.1) is 12.6 Å². The molecule has 1 aromatic carbocycles. The molecule has 1 heterocycles. The van der Waals surface area contributed by atoms with Gasteiger partial charge in [-0.15, -0.1) is 24.0 Å². The Bertz CT molecular complexity index is 637. The second-order valence-corrected chi connectivity index (χ2v) is 7.09. The molecule has 1 aliphatic rings. The molecule has 0 spiro atoms. The van der Waals surface area contributed by atoms with Crippen molar-refractivity contribution in [2.24, 2.45) is 4.99 Å². The van der Waals surface area contributed by atoms with Crippen molar-refractivity contribution < 1.29 is 18.7 Å². The Kier molecular flexibility index (Phi) is 11.9. The first-order chi connectivity index (χ1) is 13.4. The zero-order chi connectivity index (χ0) is 20.4. The minimum Gasteiger partial charge on any atom is -0.489 e. The highest BCUT2D eigenvalue weighted by Gasteiger charge is 2.15. The predicted octanol–water partition coefficient (Wildman–Crippen LogP) is 2.40. The third kappa shape index (κ3) is 10.1. The molecule has 2 unspecified atom stereocenters. The molecule has 1 aliphatic heterocycles. The fourth-order valence-corrected chi connectivity index (χ4v) is 2.67. The maximum atomic E-state index is 13.0. The number of guanidine groups is 1. The molecule has 0 aromatic heterocycles. The molecule has 1 saturated heterocycles. The van der Waals surface area contributed by atoms with Crippen molar-refractivity contribution in [1.29, 1.82) is 0 Å². The summed E-state index contributed by atoms with van der Waals surface area (Å²) in [5.41, 5.74) is 0. The average Bonchev–Trinajstić information content (AvgIpc) is 2.69. The number of ether oxygens (including phenoxy) is 2. The first kappa shape index (κ1) is 25.4. The molecule has 0 aliphatic carbocycles. The van der Waals surface area contributed by atoms with Gasteiger partial charge in [-0.1, -0.05) is 0 Å². The maximum absolute atomic E-state index is 13.0. The highest BCUT2D eigenvalue weighted by atomic mass is 127. The number of likely N-dealkylation sites (N-methyl/N-ethyl adjacent to an activating group) is 1. The quantitative estimate of drug-likeness (QED) is 0.312. The van der Waals surface area contributed by atoms with E-state index in [1.165, 1.54) is 17.0 Å². The minimum absolute atomic E-state index is 0. The summed E-state index contributed by atoms with van der Waals surface area (Å²) in [6, 6.07) is 5.91. The number of carbonyl (C=O) groups excluding carboxylic acids is 1. The second kappa shape index (κ2) is 13.6. The van der Waals surface area contributed by atoms with Crippen molar-refractivity contribution in [3.05, 3.63) is 30.1 Å². The fraction of sp³-hybridized carbons (Fsp3) is 0.600. The molecule has 2 atom stereocenters. The smallest absolute Gasteiger partial charge is 0.243 e. The van der Waals surface area contributed by atoms with E-state index in [1.54, 1.807) is 26.2 Å². The van der Waals surface area contributed by atoms with Gasteiger partial charge in [-0.2, -0.15) is 0 Å². The van der Waals surface area contributed by atoms with Crippen LogP contribution >= 0.6 is 24.0 Å². The van der Waals surface area contributed by atoms with Gasteiger partial charge in [-0.3, -0.25) is 4.79 Å². The van der Waals surface area contributed by atoms with Crippen LogP contribution in [-0.2, 0) is 9.53 Å². The molecule has 164 valence electrons. The number of hydrogen-bond donors (Lipinski definition) is 2. The van der Waals surface area contributed by atoms with E-state index in [-0.39, 0.29) is 54.5 Å². The van der Waals surface area contributed by atoms with Crippen LogP contribution in [0.1, 0.15) is 26.2 Å². The number of hydrogen-bond acceptors (Lipinski definition) is 4. The van der Waals surface area contributed by atoms with Crippen LogP contribution in [-0.4, -0.2) is 69.3 Å². The summed E-state index contributed by atoms with van der Waals surface area (Å²) in [6.07, 6.45) is 3.26. The van der Waals surface area contributed by atoms with E-state index in [1.807, 2.05) is 6.92 Å². The summed E-state index contributed by atoms with van der Waals surface area (Å²) in [6.45, 7) is 3.86. The van der Waals surface area contributed by atoms with E-state index in [0.29, 0.717) is 24.8 Å². The largest absolute Gasteiger partial charge is 0.489 e. The Morgan fingerprint density at radius 2 is 2.03 bits per heavy atom. The lowest BCUT2D eigenvalue weighted by Crippen LogP contribution is -2.45. The molecule has 9 heteroatoms. The van der Waals surface area contributed by atoms with Crippen LogP contribution in [0.15, 0.2) is 29.3 Å². The molecule has 29 heavy (non-hydrogen) atoms. The van der Waals surface area contributed by atoms with Crippen molar-refractivity contribution in [2.45, 2.75) is 38.4 Å². The molecule has 1 fully saturated rings. The Morgan fingerprint density at radius 3 is 2.66 bits per heavy atom. The Labute approximate surface area is 189 Å². The molecule has 0 saturated carbocycles. The van der Waals surface area contributed by atoms with Crippen LogP contribution < -0.4 is 15.4 Å². The maximum Gasteiger partial charge on any atom is 0.243 e. The van der Waals surface area contributed by atoms with E-state index in [2.05, 4.69) is 15.6 Å². The molecule has 0 radical (unpaired) electrons. The van der Waals surface area contributed by atoms with Crippen LogP contribution in [0.3, 0.4) is 0 Å². The van der Waals surface area contributed by atoms with Crippen molar-refractivity contribution in [1.82, 2.24) is 15.5 Å². The van der Waals surface area contributed by atoms with Gasteiger partial charge in [0.25, 0.3) is 0 Å². The van der Waals surface area contributed by atoms with E-state index in [9.17, 15) is 9.18 Å². The lowest BCUT2D eigenvalue weighted by molar-refractivity contribution is -0.127. The molecule has 1 aromatic rings. The van der Waals surface area contributed by atoms with Gasteiger partial charge in [0.15, 0.2) is 5.96 Å². The van der Waals surface area contributed by atoms with E-state index >= 15 is 0 Å². The first-order valence-electron chi connectivity index (χ1n) is 9.70. The molecule has 2 N–H and O–H groups in total. The van der Waals surface area contributed by atoms with E-state index in [4.69, 9.17) is 9.47 Å². The minimum atomic E-state index is -0.299. The van der Waals surface area contributed by atoms with Crippen LogP contribution in [0.2, 0.25) is 0 Å². The highest BCUT2D eigenvalue weighted by Crippen LogP contribution is 2.13. The number of halogens is 2. The summed E-state index contributed by atoms with van der Waals surface area (Å²) in [5.74, 6) is 0.761. The molecule has 1 amide bonds. The van der Waals surface area contributed by atoms with Crippen LogP contribution in [0.4, 0.5) is 4.39 Å². The van der Waals surface area contributed by atoms with Gasteiger partial charge >= 0.3 is 0 Å². The van der Waals surface area contributed by atoms with Gasteiger partial charge in [-0.25, -0.2) is 9.38 Å². The van der Waals surface area contributed by atoms with Gasteiger partial charge in [0.1, 0.15) is 24.2 Å². The van der Waals surface area contributed by atoms with Gasteiger partial charge < -0.3 is 25.0 Å². The Hall–Kier alpha value is -1.62. The summed E-state index contributed by atoms with van der Waals surface area (Å²) in [5, 5.41) is 6.45. The third-order valence-corrected chi connectivity index (χ3v) is 4.35. The lowest BCUT2D eigenvalue weighted by atomic mass is 10.1. The molecular weight excluding hydrogens is 490 g/mol. The van der Waals surface area contributed by atoms with Crippen LogP contribution in [0.5, 0.6) is 5.75 Å². The van der Waals surface area contributed by atoms with E-state index < -0.39 is 0 Å². The molecule has 7 nitrogen and oxygen atoms in total. The fourth-order valence-electron chi connectivity index (χ4n) is 2.67. The highest BCUT2D eigenvalue weighted by molar-refractivity contribution is 14.0. The SMILES string of the molecule is CC(CNC(=NCC(=O)N(C)C)NCC1CCCCO1)Oc1ccc(F)cc1.I. The summed E-state index contributed by atoms with van der Waals surface area (Å²) >= 11 is 0. The number of aliphatic imine (C=N–C) groups is 1. The standard InChI is InChI=1S/C20H31FN4O3.HI/c1-15(28-17-9-7-16(21)8-10-17)12-22-20(24-14-19(26)25(2)3)23-13-18-6-4-5-11-27-18;/h7-10,15,18H,4-6,11-14H2,1-3H3,(H2,22,23,24);1H. The topological polar surface area (TPSA) is 75.2 Å². The third-order valence-electron chi connectivity index (χ3n) is 4.35. The number of amides is 1. The predicted molar refractivity (Wildman–Crippen MR) is 122 cm³/mol. The Morgan fingerprint density at radius 1 is 1.31 bits per heavy atom. The number of nitrogens with zero attached hydrogens (tertiary/aromatic N) is 2. The number of rotatable bonds is 8. The summed E-state index contributed by atoms with van der Waals surface area (Å²) in [4.78, 5) is 17.7. The number of benzene rings is 1.